The van der Waals surface area contributed by atoms with Gasteiger partial charge in [-0.3, -0.25) is 19.6 Å². The predicted molar refractivity (Wildman–Crippen MR) is 96.9 cm³/mol. The first-order valence-corrected chi connectivity index (χ1v) is 9.27. The molecule has 8 nitrogen and oxygen atoms in total. The van der Waals surface area contributed by atoms with Crippen molar-refractivity contribution in [2.75, 3.05) is 6.26 Å². The van der Waals surface area contributed by atoms with E-state index in [4.69, 9.17) is 0 Å². The zero-order valence-electron chi connectivity index (χ0n) is 14.6. The van der Waals surface area contributed by atoms with Gasteiger partial charge in [0.15, 0.2) is 5.16 Å². The number of nitrogens with zero attached hydrogens (tertiary/aromatic N) is 3. The monoisotopic (exact) mass is 373 g/mol. The normalized spacial score (nSPS) is 19.6. The number of urea groups is 1. The quantitative estimate of drug-likeness (QED) is 0.617. The number of imidazole rings is 1. The third-order valence-electron chi connectivity index (χ3n) is 4.38. The van der Waals surface area contributed by atoms with Gasteiger partial charge in [0.05, 0.1) is 0 Å². The van der Waals surface area contributed by atoms with E-state index in [2.05, 4.69) is 15.7 Å². The van der Waals surface area contributed by atoms with Crippen LogP contribution in [-0.4, -0.2) is 44.2 Å². The number of rotatable bonds is 5. The Morgan fingerprint density at radius 3 is 2.58 bits per heavy atom. The van der Waals surface area contributed by atoms with E-state index in [0.717, 1.165) is 15.9 Å². The lowest BCUT2D eigenvalue weighted by Gasteiger charge is -2.19. The minimum atomic E-state index is -0.996. The van der Waals surface area contributed by atoms with Crippen LogP contribution in [0.15, 0.2) is 41.8 Å². The van der Waals surface area contributed by atoms with Crippen molar-refractivity contribution >= 4 is 29.6 Å². The van der Waals surface area contributed by atoms with Crippen LogP contribution in [0.3, 0.4) is 0 Å². The van der Waals surface area contributed by atoms with Crippen LogP contribution in [0, 0.1) is 0 Å². The highest BCUT2D eigenvalue weighted by Crippen LogP contribution is 2.20. The van der Waals surface area contributed by atoms with Gasteiger partial charge in [-0.15, -0.1) is 0 Å². The van der Waals surface area contributed by atoms with E-state index in [1.807, 2.05) is 17.0 Å². The number of benzene rings is 1. The zero-order chi connectivity index (χ0) is 18.9. The molecule has 136 valence electrons. The van der Waals surface area contributed by atoms with Crippen molar-refractivity contribution in [2.45, 2.75) is 31.0 Å². The van der Waals surface area contributed by atoms with E-state index in [1.54, 1.807) is 44.3 Å². The Balaban J connectivity index is 1.75. The molecule has 1 atom stereocenters. The van der Waals surface area contributed by atoms with Crippen LogP contribution in [0.25, 0.3) is 5.69 Å². The van der Waals surface area contributed by atoms with Gasteiger partial charge in [0.1, 0.15) is 5.54 Å². The highest BCUT2D eigenvalue weighted by Gasteiger charge is 2.47. The number of carbonyl (C=O) groups excluding carboxylic acids is 3. The molecule has 1 aromatic heterocycles. The van der Waals surface area contributed by atoms with Crippen LogP contribution < -0.4 is 10.7 Å². The molecule has 3 rings (SSSR count). The molecule has 0 spiro atoms. The van der Waals surface area contributed by atoms with Crippen molar-refractivity contribution in [1.29, 1.82) is 0 Å². The largest absolute Gasteiger partial charge is 0.344 e. The molecule has 0 aliphatic carbocycles. The fourth-order valence-electron chi connectivity index (χ4n) is 2.60. The highest BCUT2D eigenvalue weighted by molar-refractivity contribution is 7.98. The van der Waals surface area contributed by atoms with E-state index in [9.17, 15) is 14.4 Å². The Kier molecular flexibility index (Phi) is 4.73. The molecule has 1 aromatic carbocycles. The highest BCUT2D eigenvalue weighted by atomic mass is 32.2. The number of hydrazine groups is 1. The van der Waals surface area contributed by atoms with Crippen molar-refractivity contribution < 1.29 is 14.4 Å². The van der Waals surface area contributed by atoms with Crippen molar-refractivity contribution in [1.82, 2.24) is 25.3 Å². The summed E-state index contributed by atoms with van der Waals surface area (Å²) in [6, 6.07) is 6.18. The van der Waals surface area contributed by atoms with Crippen molar-refractivity contribution in [3.05, 3.63) is 42.2 Å². The molecular weight excluding hydrogens is 354 g/mol. The molecular formula is C17H19N5O3S. The number of imide groups is 1. The Morgan fingerprint density at radius 2 is 2.00 bits per heavy atom. The minimum Gasteiger partial charge on any atom is -0.322 e. The molecule has 1 saturated heterocycles. The van der Waals surface area contributed by atoms with Crippen LogP contribution >= 0.6 is 11.8 Å². The molecule has 0 unspecified atom stereocenters. The number of amides is 4. The van der Waals surface area contributed by atoms with E-state index in [-0.39, 0.29) is 0 Å². The lowest BCUT2D eigenvalue weighted by Crippen LogP contribution is -2.48. The van der Waals surface area contributed by atoms with E-state index < -0.39 is 23.4 Å². The number of aromatic nitrogens is 2. The number of hydrogen-bond donors (Lipinski definition) is 2. The summed E-state index contributed by atoms with van der Waals surface area (Å²) in [5.74, 6) is -1.01. The summed E-state index contributed by atoms with van der Waals surface area (Å²) in [6.45, 7) is 3.42. The Bertz CT molecular complexity index is 864. The first-order chi connectivity index (χ1) is 12.4. The van der Waals surface area contributed by atoms with Gasteiger partial charge in [0, 0.05) is 23.6 Å². The number of thioether (sulfide) groups is 1. The summed E-state index contributed by atoms with van der Waals surface area (Å²) in [5.41, 5.74) is 2.57. The standard InChI is InChI=1S/C17H19N5O3S/c1-4-17(2)14(24)22(15(25)19-17)20-13(23)11-5-7-12(8-6-11)21-10-9-18-16(21)26-3/h5-10H,4H2,1-3H3,(H,19,25)(H,20,23)/t17-/m1/s1. The van der Waals surface area contributed by atoms with Gasteiger partial charge in [-0.1, -0.05) is 18.7 Å². The third-order valence-corrected chi connectivity index (χ3v) is 5.05. The fraction of sp³-hybridized carbons (Fsp3) is 0.294. The average molecular weight is 373 g/mol. The topological polar surface area (TPSA) is 96.3 Å². The fourth-order valence-corrected chi connectivity index (χ4v) is 3.13. The second-order valence-electron chi connectivity index (χ2n) is 6.03. The van der Waals surface area contributed by atoms with E-state index >= 15 is 0 Å². The molecule has 2 N–H and O–H groups in total. The maximum absolute atomic E-state index is 12.4. The predicted octanol–water partition coefficient (Wildman–Crippen LogP) is 1.96. The van der Waals surface area contributed by atoms with Crippen LogP contribution in [0.2, 0.25) is 0 Å². The first kappa shape index (κ1) is 18.0. The van der Waals surface area contributed by atoms with Gasteiger partial charge >= 0.3 is 6.03 Å². The Morgan fingerprint density at radius 1 is 1.31 bits per heavy atom. The van der Waals surface area contributed by atoms with Crippen LogP contribution in [0.5, 0.6) is 0 Å². The minimum absolute atomic E-state index is 0.338. The van der Waals surface area contributed by atoms with Crippen LogP contribution in [0.4, 0.5) is 4.79 Å². The van der Waals surface area contributed by atoms with Gasteiger partial charge in [-0.25, -0.2) is 9.78 Å². The zero-order valence-corrected chi connectivity index (χ0v) is 15.5. The molecule has 9 heteroatoms. The maximum Gasteiger partial charge on any atom is 0.344 e. The lowest BCUT2D eigenvalue weighted by atomic mass is 10.00. The number of nitrogens with one attached hydrogen (secondary N) is 2. The van der Waals surface area contributed by atoms with Gasteiger partial charge in [-0.05, 0) is 43.9 Å². The molecule has 26 heavy (non-hydrogen) atoms. The molecule has 2 aromatic rings. The summed E-state index contributed by atoms with van der Waals surface area (Å²) in [6.07, 6.45) is 5.90. The molecule has 1 aliphatic rings. The van der Waals surface area contributed by atoms with Gasteiger partial charge < -0.3 is 5.32 Å². The molecule has 0 bridgehead atoms. The SMILES string of the molecule is CC[C@@]1(C)NC(=O)N(NC(=O)c2ccc(-n3ccnc3SC)cc2)C1=O. The second kappa shape index (κ2) is 6.83. The van der Waals surface area contributed by atoms with E-state index in [0.29, 0.717) is 12.0 Å². The summed E-state index contributed by atoms with van der Waals surface area (Å²) < 4.78 is 1.90. The summed E-state index contributed by atoms with van der Waals surface area (Å²) in [4.78, 5) is 40.9. The van der Waals surface area contributed by atoms with E-state index in [1.165, 1.54) is 11.8 Å². The summed E-state index contributed by atoms with van der Waals surface area (Å²) in [7, 11) is 0. The third kappa shape index (κ3) is 3.05. The van der Waals surface area contributed by atoms with Crippen molar-refractivity contribution in [3.8, 4) is 5.69 Å². The summed E-state index contributed by atoms with van der Waals surface area (Å²) in [5, 5.41) is 4.16. The Hall–Kier alpha value is -2.81. The lowest BCUT2D eigenvalue weighted by molar-refractivity contribution is -0.132. The Labute approximate surface area is 154 Å². The number of hydrogen-bond acceptors (Lipinski definition) is 5. The van der Waals surface area contributed by atoms with Crippen molar-refractivity contribution in [3.63, 3.8) is 0 Å². The molecule has 1 fully saturated rings. The van der Waals surface area contributed by atoms with Gasteiger partial charge in [0.2, 0.25) is 0 Å². The molecule has 4 amide bonds. The molecule has 1 aliphatic heterocycles. The first-order valence-electron chi connectivity index (χ1n) is 8.05. The maximum atomic E-state index is 12.4. The number of carbonyl (C=O) groups is 3. The molecule has 0 radical (unpaired) electrons. The molecule has 0 saturated carbocycles. The average Bonchev–Trinajstić information content (AvgIpc) is 3.21. The van der Waals surface area contributed by atoms with Crippen LogP contribution in [0.1, 0.15) is 30.6 Å². The van der Waals surface area contributed by atoms with Crippen LogP contribution in [-0.2, 0) is 4.79 Å². The second-order valence-corrected chi connectivity index (χ2v) is 6.80. The summed E-state index contributed by atoms with van der Waals surface area (Å²) >= 11 is 1.52. The smallest absolute Gasteiger partial charge is 0.322 e. The van der Waals surface area contributed by atoms with Gasteiger partial charge in [0.25, 0.3) is 11.8 Å². The molecule has 2 heterocycles. The van der Waals surface area contributed by atoms with Gasteiger partial charge in [-0.2, -0.15) is 5.01 Å². The van der Waals surface area contributed by atoms with Crippen molar-refractivity contribution in [2.24, 2.45) is 0 Å².